The van der Waals surface area contributed by atoms with E-state index in [1.807, 2.05) is 12.1 Å². The maximum Gasteiger partial charge on any atom is 0.251 e. The van der Waals surface area contributed by atoms with Crippen LogP contribution in [0.3, 0.4) is 0 Å². The van der Waals surface area contributed by atoms with E-state index < -0.39 is 6.10 Å². The first kappa shape index (κ1) is 14.5. The van der Waals surface area contributed by atoms with Gasteiger partial charge in [-0.05, 0) is 24.6 Å². The van der Waals surface area contributed by atoms with Gasteiger partial charge in [0, 0.05) is 37.2 Å². The maximum atomic E-state index is 11.7. The maximum absolute atomic E-state index is 11.7. The number of carbonyl (C=O) groups is 1. The van der Waals surface area contributed by atoms with Crippen molar-refractivity contribution in [3.8, 4) is 0 Å². The van der Waals surface area contributed by atoms with E-state index in [0.717, 1.165) is 24.1 Å². The van der Waals surface area contributed by atoms with Gasteiger partial charge < -0.3 is 10.0 Å². The molecule has 1 aromatic rings. The van der Waals surface area contributed by atoms with Gasteiger partial charge in [0.2, 0.25) is 0 Å². The fraction of sp³-hybridized carbons (Fsp3) is 0.500. The molecule has 104 valence electrons. The molecule has 0 aromatic heterocycles. The smallest absolute Gasteiger partial charge is 0.251 e. The lowest BCUT2D eigenvalue weighted by molar-refractivity contribution is -0.141. The first-order valence-corrected chi connectivity index (χ1v) is 7.29. The normalized spacial score (nSPS) is 18.4. The van der Waals surface area contributed by atoms with Crippen molar-refractivity contribution < 1.29 is 9.90 Å². The van der Waals surface area contributed by atoms with Crippen LogP contribution in [0.2, 0.25) is 0 Å². The summed E-state index contributed by atoms with van der Waals surface area (Å²) >= 11 is 3.43. The van der Waals surface area contributed by atoms with Crippen LogP contribution < -0.4 is 0 Å². The molecular weight excluding hydrogens is 308 g/mol. The molecule has 1 amide bonds. The average molecular weight is 327 g/mol. The lowest BCUT2D eigenvalue weighted by Gasteiger charge is -2.35. The van der Waals surface area contributed by atoms with E-state index >= 15 is 0 Å². The Balaban J connectivity index is 1.83. The number of aliphatic hydroxyl groups excluding tert-OH is 1. The summed E-state index contributed by atoms with van der Waals surface area (Å²) in [5, 5.41) is 9.29. The molecule has 1 aliphatic rings. The number of nitrogens with zero attached hydrogens (tertiary/aromatic N) is 2. The molecule has 1 N–H and O–H groups in total. The van der Waals surface area contributed by atoms with E-state index in [-0.39, 0.29) is 5.91 Å². The van der Waals surface area contributed by atoms with Crippen LogP contribution in [0.5, 0.6) is 0 Å². The van der Waals surface area contributed by atoms with Crippen molar-refractivity contribution in [2.75, 3.05) is 26.2 Å². The molecule has 1 aliphatic heterocycles. The van der Waals surface area contributed by atoms with Gasteiger partial charge in [0.25, 0.3) is 5.91 Å². The molecule has 1 aromatic carbocycles. The summed E-state index contributed by atoms with van der Waals surface area (Å²) in [7, 11) is 0. The van der Waals surface area contributed by atoms with Gasteiger partial charge in [0.15, 0.2) is 0 Å². The Morgan fingerprint density at radius 2 is 1.84 bits per heavy atom. The van der Waals surface area contributed by atoms with E-state index in [1.54, 1.807) is 4.90 Å². The van der Waals surface area contributed by atoms with Crippen molar-refractivity contribution in [3.63, 3.8) is 0 Å². The van der Waals surface area contributed by atoms with Gasteiger partial charge in [-0.3, -0.25) is 9.69 Å². The molecule has 1 heterocycles. The summed E-state index contributed by atoms with van der Waals surface area (Å²) in [5.74, 6) is -0.164. The lowest BCUT2D eigenvalue weighted by Crippen LogP contribution is -2.50. The molecule has 0 saturated carbocycles. The molecule has 1 fully saturated rings. The third kappa shape index (κ3) is 4.03. The molecule has 0 bridgehead atoms. The predicted molar refractivity (Wildman–Crippen MR) is 77.7 cm³/mol. The lowest BCUT2D eigenvalue weighted by atomic mass is 10.2. The summed E-state index contributed by atoms with van der Waals surface area (Å²) in [6, 6.07) is 8.31. The highest BCUT2D eigenvalue weighted by Crippen LogP contribution is 2.13. The number of halogens is 1. The molecule has 1 atom stereocenters. The Bertz CT molecular complexity index is 426. The van der Waals surface area contributed by atoms with Crippen molar-refractivity contribution in [1.82, 2.24) is 9.80 Å². The predicted octanol–water partition coefficient (Wildman–Crippen LogP) is 1.47. The fourth-order valence-electron chi connectivity index (χ4n) is 2.24. The topological polar surface area (TPSA) is 43.8 Å². The third-order valence-corrected chi connectivity index (χ3v) is 3.89. The summed E-state index contributed by atoms with van der Waals surface area (Å²) in [5.41, 5.74) is 1.28. The molecule has 4 nitrogen and oxygen atoms in total. The Morgan fingerprint density at radius 3 is 2.37 bits per heavy atom. The molecule has 0 aliphatic carbocycles. The summed E-state index contributed by atoms with van der Waals surface area (Å²) in [6.07, 6.45) is -0.891. The van der Waals surface area contributed by atoms with Gasteiger partial charge in [-0.15, -0.1) is 0 Å². The molecule has 5 heteroatoms. The van der Waals surface area contributed by atoms with Crippen LogP contribution in [0.4, 0.5) is 0 Å². The molecule has 1 saturated heterocycles. The third-order valence-electron chi connectivity index (χ3n) is 3.36. The Hall–Kier alpha value is -0.910. The number of aliphatic hydroxyl groups is 1. The molecular formula is C14H19BrN2O2. The van der Waals surface area contributed by atoms with E-state index in [0.29, 0.717) is 13.1 Å². The Labute approximate surface area is 122 Å². The Morgan fingerprint density at radius 1 is 1.26 bits per heavy atom. The van der Waals surface area contributed by atoms with Gasteiger partial charge in [0.05, 0.1) is 0 Å². The second-order valence-electron chi connectivity index (χ2n) is 4.90. The first-order chi connectivity index (χ1) is 9.06. The van der Waals surface area contributed by atoms with Crippen molar-refractivity contribution in [2.45, 2.75) is 19.6 Å². The standard InChI is InChI=1S/C14H19BrN2O2/c1-11(18)14(19)17-8-6-16(7-9-17)10-12-2-4-13(15)5-3-12/h2-5,11,18H,6-10H2,1H3. The van der Waals surface area contributed by atoms with Gasteiger partial charge in [0.1, 0.15) is 6.10 Å². The summed E-state index contributed by atoms with van der Waals surface area (Å²) in [4.78, 5) is 15.7. The van der Waals surface area contributed by atoms with Crippen LogP contribution in [-0.2, 0) is 11.3 Å². The second kappa shape index (κ2) is 6.50. The van der Waals surface area contributed by atoms with Crippen molar-refractivity contribution in [2.24, 2.45) is 0 Å². The minimum absolute atomic E-state index is 0.164. The average Bonchev–Trinajstić information content (AvgIpc) is 2.41. The molecule has 2 rings (SSSR count). The second-order valence-corrected chi connectivity index (χ2v) is 5.82. The highest BCUT2D eigenvalue weighted by molar-refractivity contribution is 9.10. The molecule has 1 unspecified atom stereocenters. The number of amides is 1. The number of benzene rings is 1. The van der Waals surface area contributed by atoms with E-state index in [2.05, 4.69) is 33.0 Å². The molecule has 19 heavy (non-hydrogen) atoms. The largest absolute Gasteiger partial charge is 0.384 e. The zero-order valence-electron chi connectivity index (χ0n) is 11.1. The SMILES string of the molecule is CC(O)C(=O)N1CCN(Cc2ccc(Br)cc2)CC1. The number of carbonyl (C=O) groups excluding carboxylic acids is 1. The highest BCUT2D eigenvalue weighted by atomic mass is 79.9. The van der Waals surface area contributed by atoms with Crippen LogP contribution in [0.25, 0.3) is 0 Å². The zero-order valence-corrected chi connectivity index (χ0v) is 12.6. The van der Waals surface area contributed by atoms with Gasteiger partial charge in [-0.25, -0.2) is 0 Å². The number of piperazine rings is 1. The first-order valence-electron chi connectivity index (χ1n) is 6.50. The van der Waals surface area contributed by atoms with Crippen LogP contribution in [0, 0.1) is 0 Å². The fourth-order valence-corrected chi connectivity index (χ4v) is 2.50. The Kier molecular flexibility index (Phi) is 4.96. The monoisotopic (exact) mass is 326 g/mol. The summed E-state index contributed by atoms with van der Waals surface area (Å²) in [6.45, 7) is 5.53. The minimum atomic E-state index is -0.891. The van der Waals surface area contributed by atoms with Crippen molar-refractivity contribution >= 4 is 21.8 Å². The van der Waals surface area contributed by atoms with Crippen molar-refractivity contribution in [3.05, 3.63) is 34.3 Å². The van der Waals surface area contributed by atoms with E-state index in [1.165, 1.54) is 12.5 Å². The molecule has 0 spiro atoms. The van der Waals surface area contributed by atoms with E-state index in [4.69, 9.17) is 0 Å². The van der Waals surface area contributed by atoms with E-state index in [9.17, 15) is 9.90 Å². The number of rotatable bonds is 3. The summed E-state index contributed by atoms with van der Waals surface area (Å²) < 4.78 is 1.09. The highest BCUT2D eigenvalue weighted by Gasteiger charge is 2.23. The van der Waals surface area contributed by atoms with Gasteiger partial charge in [-0.1, -0.05) is 28.1 Å². The van der Waals surface area contributed by atoms with Crippen LogP contribution in [0.15, 0.2) is 28.7 Å². The quantitative estimate of drug-likeness (QED) is 0.914. The van der Waals surface area contributed by atoms with Crippen LogP contribution >= 0.6 is 15.9 Å². The zero-order chi connectivity index (χ0) is 13.8. The minimum Gasteiger partial charge on any atom is -0.384 e. The number of hydrogen-bond acceptors (Lipinski definition) is 3. The van der Waals surface area contributed by atoms with Crippen LogP contribution in [-0.4, -0.2) is 53.1 Å². The van der Waals surface area contributed by atoms with Crippen molar-refractivity contribution in [1.29, 1.82) is 0 Å². The van der Waals surface area contributed by atoms with Gasteiger partial charge >= 0.3 is 0 Å². The molecule has 0 radical (unpaired) electrons. The number of hydrogen-bond donors (Lipinski definition) is 1. The van der Waals surface area contributed by atoms with Crippen LogP contribution in [0.1, 0.15) is 12.5 Å². The van der Waals surface area contributed by atoms with Gasteiger partial charge in [-0.2, -0.15) is 0 Å².